The van der Waals surface area contributed by atoms with Gasteiger partial charge in [0.05, 0.1) is 5.25 Å². The number of allylic oxidation sites excluding steroid dienone is 1. The lowest BCUT2D eigenvalue weighted by Crippen LogP contribution is -2.23. The van der Waals surface area contributed by atoms with Crippen LogP contribution in [0.2, 0.25) is 0 Å². The second-order valence-electron chi connectivity index (χ2n) is 6.28. The van der Waals surface area contributed by atoms with Gasteiger partial charge in [0.25, 0.3) is 0 Å². The average Bonchev–Trinajstić information content (AvgIpc) is 3.08. The predicted octanol–water partition coefficient (Wildman–Crippen LogP) is 4.70. The topological polar surface area (TPSA) is 59.8 Å². The summed E-state index contributed by atoms with van der Waals surface area (Å²) in [4.78, 5) is 12.5. The van der Waals surface area contributed by atoms with Gasteiger partial charge in [-0.3, -0.25) is 9.36 Å². The van der Waals surface area contributed by atoms with E-state index in [1.54, 1.807) is 32.1 Å². The number of carbonyl (C=O) groups is 1. The Kier molecular flexibility index (Phi) is 6.26. The van der Waals surface area contributed by atoms with Crippen molar-refractivity contribution < 1.29 is 9.18 Å². The smallest absolute Gasteiger partial charge is 0.237 e. The Morgan fingerprint density at radius 1 is 1.29 bits per heavy atom. The Morgan fingerprint density at radius 3 is 2.71 bits per heavy atom. The number of amides is 1. The van der Waals surface area contributed by atoms with Crippen molar-refractivity contribution in [1.82, 2.24) is 14.8 Å². The normalized spacial score (nSPS) is 11.8. The summed E-state index contributed by atoms with van der Waals surface area (Å²) in [6, 6.07) is 14.4. The lowest BCUT2D eigenvalue weighted by atomic mass is 10.2. The van der Waals surface area contributed by atoms with Crippen molar-refractivity contribution in [1.29, 1.82) is 0 Å². The number of nitrogens with zero attached hydrogens (tertiary/aromatic N) is 3. The first-order chi connectivity index (χ1) is 13.5. The summed E-state index contributed by atoms with van der Waals surface area (Å²) in [6.07, 6.45) is 1.76. The monoisotopic (exact) mass is 396 g/mol. The number of benzene rings is 2. The van der Waals surface area contributed by atoms with Crippen molar-refractivity contribution in [2.24, 2.45) is 0 Å². The highest BCUT2D eigenvalue weighted by Gasteiger charge is 2.20. The molecule has 1 amide bonds. The molecule has 144 valence electrons. The van der Waals surface area contributed by atoms with Crippen molar-refractivity contribution in [3.8, 4) is 11.4 Å². The van der Waals surface area contributed by atoms with Crippen molar-refractivity contribution >= 4 is 23.4 Å². The van der Waals surface area contributed by atoms with Crippen LogP contribution < -0.4 is 5.32 Å². The maximum Gasteiger partial charge on any atom is 0.237 e. The SMILES string of the molecule is C=CCn1c(S[C@H](C)C(=O)Nc2ccc(C)c(F)c2)nnc1-c1ccccc1. The molecule has 0 aliphatic heterocycles. The number of rotatable bonds is 7. The first-order valence-electron chi connectivity index (χ1n) is 8.82. The maximum atomic E-state index is 13.7. The van der Waals surface area contributed by atoms with Gasteiger partial charge in [0.15, 0.2) is 11.0 Å². The van der Waals surface area contributed by atoms with Crippen LogP contribution in [0.4, 0.5) is 10.1 Å². The molecule has 1 atom stereocenters. The molecule has 28 heavy (non-hydrogen) atoms. The highest BCUT2D eigenvalue weighted by Crippen LogP contribution is 2.27. The molecule has 0 spiro atoms. The Bertz CT molecular complexity index is 987. The Balaban J connectivity index is 1.76. The van der Waals surface area contributed by atoms with Gasteiger partial charge in [0.1, 0.15) is 5.82 Å². The van der Waals surface area contributed by atoms with E-state index in [-0.39, 0.29) is 11.7 Å². The number of carbonyl (C=O) groups excluding carboxylic acids is 1. The van der Waals surface area contributed by atoms with E-state index in [0.717, 1.165) is 11.4 Å². The van der Waals surface area contributed by atoms with Crippen molar-refractivity contribution in [2.45, 2.75) is 30.8 Å². The summed E-state index contributed by atoms with van der Waals surface area (Å²) in [5.41, 5.74) is 1.90. The van der Waals surface area contributed by atoms with Gasteiger partial charge in [-0.1, -0.05) is 54.2 Å². The predicted molar refractivity (Wildman–Crippen MR) is 111 cm³/mol. The van der Waals surface area contributed by atoms with Gasteiger partial charge in [0.2, 0.25) is 5.91 Å². The van der Waals surface area contributed by atoms with E-state index in [2.05, 4.69) is 22.1 Å². The molecule has 0 saturated carbocycles. The van der Waals surface area contributed by atoms with Crippen LogP contribution in [0.1, 0.15) is 12.5 Å². The number of anilines is 1. The molecule has 3 rings (SSSR count). The molecule has 5 nitrogen and oxygen atoms in total. The molecular weight excluding hydrogens is 375 g/mol. The Morgan fingerprint density at radius 2 is 2.04 bits per heavy atom. The molecule has 1 N–H and O–H groups in total. The van der Waals surface area contributed by atoms with E-state index < -0.39 is 5.25 Å². The lowest BCUT2D eigenvalue weighted by molar-refractivity contribution is -0.115. The second-order valence-corrected chi connectivity index (χ2v) is 7.59. The molecule has 1 aromatic heterocycles. The minimum Gasteiger partial charge on any atom is -0.325 e. The Labute approximate surface area is 167 Å². The maximum absolute atomic E-state index is 13.7. The molecule has 0 radical (unpaired) electrons. The fraction of sp³-hybridized carbons (Fsp3) is 0.190. The van der Waals surface area contributed by atoms with Crippen molar-refractivity contribution in [2.75, 3.05) is 5.32 Å². The molecule has 0 fully saturated rings. The van der Waals surface area contributed by atoms with E-state index in [1.807, 2.05) is 34.9 Å². The quantitative estimate of drug-likeness (QED) is 0.465. The third-order valence-corrected chi connectivity index (χ3v) is 5.23. The first-order valence-corrected chi connectivity index (χ1v) is 9.70. The average molecular weight is 396 g/mol. The van der Waals surface area contributed by atoms with Gasteiger partial charge < -0.3 is 5.32 Å². The third-order valence-electron chi connectivity index (χ3n) is 4.15. The van der Waals surface area contributed by atoms with Crippen LogP contribution >= 0.6 is 11.8 Å². The summed E-state index contributed by atoms with van der Waals surface area (Å²) in [7, 11) is 0. The number of aryl methyl sites for hydroxylation is 1. The molecule has 0 bridgehead atoms. The molecular formula is C21H21FN4OS. The number of aromatic nitrogens is 3. The van der Waals surface area contributed by atoms with Crippen LogP contribution in [0.3, 0.4) is 0 Å². The fourth-order valence-electron chi connectivity index (χ4n) is 2.60. The number of hydrogen-bond acceptors (Lipinski definition) is 4. The van der Waals surface area contributed by atoms with E-state index in [0.29, 0.717) is 23.0 Å². The van der Waals surface area contributed by atoms with Gasteiger partial charge in [-0.15, -0.1) is 16.8 Å². The van der Waals surface area contributed by atoms with Crippen molar-refractivity contribution in [3.05, 3.63) is 72.6 Å². The van der Waals surface area contributed by atoms with Crippen LogP contribution in [0.25, 0.3) is 11.4 Å². The highest BCUT2D eigenvalue weighted by molar-refractivity contribution is 8.00. The molecule has 7 heteroatoms. The largest absolute Gasteiger partial charge is 0.325 e. The van der Waals surface area contributed by atoms with Crippen LogP contribution in [0.5, 0.6) is 0 Å². The number of halogens is 1. The fourth-order valence-corrected chi connectivity index (χ4v) is 3.45. The van der Waals surface area contributed by atoms with Gasteiger partial charge in [0, 0.05) is 17.8 Å². The van der Waals surface area contributed by atoms with Gasteiger partial charge in [-0.25, -0.2) is 4.39 Å². The first kappa shape index (κ1) is 19.8. The minimum absolute atomic E-state index is 0.234. The molecule has 1 heterocycles. The summed E-state index contributed by atoms with van der Waals surface area (Å²) < 4.78 is 15.6. The third kappa shape index (κ3) is 4.48. The van der Waals surface area contributed by atoms with E-state index >= 15 is 0 Å². The number of nitrogens with one attached hydrogen (secondary N) is 1. The zero-order chi connectivity index (χ0) is 20.1. The molecule has 0 unspecified atom stereocenters. The number of hydrogen-bond donors (Lipinski definition) is 1. The zero-order valence-corrected chi connectivity index (χ0v) is 16.5. The van der Waals surface area contributed by atoms with E-state index in [4.69, 9.17) is 0 Å². The molecule has 0 saturated heterocycles. The molecule has 0 aliphatic carbocycles. The molecule has 0 aliphatic rings. The van der Waals surface area contributed by atoms with Gasteiger partial charge in [-0.05, 0) is 31.5 Å². The van der Waals surface area contributed by atoms with Crippen LogP contribution in [0, 0.1) is 12.7 Å². The van der Waals surface area contributed by atoms with E-state index in [9.17, 15) is 9.18 Å². The molecule has 3 aromatic rings. The number of thioether (sulfide) groups is 1. The van der Waals surface area contributed by atoms with Crippen LogP contribution in [0.15, 0.2) is 66.3 Å². The molecule has 2 aromatic carbocycles. The summed E-state index contributed by atoms with van der Waals surface area (Å²) in [6.45, 7) is 7.78. The van der Waals surface area contributed by atoms with Crippen LogP contribution in [-0.4, -0.2) is 25.9 Å². The second kappa shape index (κ2) is 8.84. The zero-order valence-electron chi connectivity index (χ0n) is 15.7. The standard InChI is InChI=1S/C21H21FN4OS/c1-4-12-26-19(16-8-6-5-7-9-16)24-25-21(26)28-15(3)20(27)23-17-11-10-14(2)18(22)13-17/h4-11,13,15H,1,12H2,2-3H3,(H,23,27)/t15-/m1/s1. The summed E-state index contributed by atoms with van der Waals surface area (Å²) in [5.74, 6) is 0.134. The van der Waals surface area contributed by atoms with E-state index in [1.165, 1.54) is 17.8 Å². The van der Waals surface area contributed by atoms with Crippen molar-refractivity contribution in [3.63, 3.8) is 0 Å². The van der Waals surface area contributed by atoms with Gasteiger partial charge in [-0.2, -0.15) is 0 Å². The Hall–Kier alpha value is -2.93. The summed E-state index contributed by atoms with van der Waals surface area (Å²) >= 11 is 1.30. The lowest BCUT2D eigenvalue weighted by Gasteiger charge is -2.13. The van der Waals surface area contributed by atoms with Gasteiger partial charge >= 0.3 is 0 Å². The highest BCUT2D eigenvalue weighted by atomic mass is 32.2. The summed E-state index contributed by atoms with van der Waals surface area (Å²) in [5, 5.41) is 11.5. The minimum atomic E-state index is -0.444. The van der Waals surface area contributed by atoms with Crippen LogP contribution in [-0.2, 0) is 11.3 Å².